The molecule has 17 heavy (non-hydrogen) atoms. The highest BCUT2D eigenvalue weighted by Crippen LogP contribution is 2.13. The number of nitrogens with two attached hydrogens (primary N) is 1. The van der Waals surface area contributed by atoms with E-state index >= 15 is 0 Å². The predicted molar refractivity (Wildman–Crippen MR) is 68.1 cm³/mol. The molecule has 0 fully saturated rings. The summed E-state index contributed by atoms with van der Waals surface area (Å²) >= 11 is 5.94. The second-order valence-corrected chi connectivity index (χ2v) is 4.38. The molecule has 5 heteroatoms. The Bertz CT molecular complexity index is 507. The molecule has 0 atom stereocenters. The first-order chi connectivity index (χ1) is 8.20. The van der Waals surface area contributed by atoms with E-state index < -0.39 is 0 Å². The number of nitrogens with zero attached hydrogens (tertiary/aromatic N) is 3. The van der Waals surface area contributed by atoms with E-state index in [2.05, 4.69) is 10.3 Å². The van der Waals surface area contributed by atoms with Crippen molar-refractivity contribution in [1.82, 2.24) is 15.0 Å². The lowest BCUT2D eigenvalue weighted by atomic mass is 10.2. The summed E-state index contributed by atoms with van der Waals surface area (Å²) < 4.78 is 1.87. The number of rotatable bonds is 4. The minimum absolute atomic E-state index is 0.594. The average Bonchev–Trinajstić information content (AvgIpc) is 2.62. The van der Waals surface area contributed by atoms with E-state index in [1.165, 1.54) is 0 Å². The molecule has 0 spiro atoms. The zero-order valence-electron chi connectivity index (χ0n) is 9.73. The molecule has 0 saturated heterocycles. The molecule has 1 aromatic heterocycles. The molecule has 1 heterocycles. The largest absolute Gasteiger partial charge is 0.330 e. The lowest BCUT2D eigenvalue weighted by Crippen LogP contribution is -2.06. The Morgan fingerprint density at radius 2 is 2.24 bits per heavy atom. The Labute approximate surface area is 105 Å². The summed E-state index contributed by atoms with van der Waals surface area (Å²) in [5, 5.41) is 8.99. The second kappa shape index (κ2) is 5.29. The molecule has 2 aromatic rings. The summed E-state index contributed by atoms with van der Waals surface area (Å²) in [4.78, 5) is 0. The lowest BCUT2D eigenvalue weighted by molar-refractivity contribution is 0.633. The van der Waals surface area contributed by atoms with Gasteiger partial charge in [0.15, 0.2) is 0 Å². The fourth-order valence-electron chi connectivity index (χ4n) is 1.72. The van der Waals surface area contributed by atoms with Crippen LogP contribution in [0.1, 0.15) is 17.0 Å². The Kier molecular flexibility index (Phi) is 3.76. The molecule has 90 valence electrons. The van der Waals surface area contributed by atoms with Gasteiger partial charge in [0.2, 0.25) is 0 Å². The molecule has 4 nitrogen and oxygen atoms in total. The summed E-state index contributed by atoms with van der Waals surface area (Å²) in [6.45, 7) is 3.29. The van der Waals surface area contributed by atoms with E-state index in [9.17, 15) is 0 Å². The van der Waals surface area contributed by atoms with E-state index in [1.54, 1.807) is 0 Å². The van der Waals surface area contributed by atoms with Crippen molar-refractivity contribution in [2.45, 2.75) is 19.9 Å². The van der Waals surface area contributed by atoms with Crippen molar-refractivity contribution in [3.8, 4) is 0 Å². The van der Waals surface area contributed by atoms with Crippen LogP contribution in [0.25, 0.3) is 0 Å². The minimum Gasteiger partial charge on any atom is -0.330 e. The van der Waals surface area contributed by atoms with Crippen molar-refractivity contribution < 1.29 is 0 Å². The van der Waals surface area contributed by atoms with Gasteiger partial charge in [0.05, 0.1) is 17.9 Å². The maximum atomic E-state index is 5.94. The maximum absolute atomic E-state index is 5.94. The van der Waals surface area contributed by atoms with Gasteiger partial charge in [-0.1, -0.05) is 28.9 Å². The van der Waals surface area contributed by atoms with Crippen LogP contribution in [-0.2, 0) is 13.0 Å². The van der Waals surface area contributed by atoms with Crippen molar-refractivity contribution in [3.63, 3.8) is 0 Å². The standard InChI is InChI=1S/C12H15ClN4/c1-9-12(5-6-14)15-16-17(9)8-10-3-2-4-11(13)7-10/h2-4,7H,5-6,8,14H2,1H3. The number of halogens is 1. The van der Waals surface area contributed by atoms with Crippen LogP contribution in [0.4, 0.5) is 0 Å². The van der Waals surface area contributed by atoms with Gasteiger partial charge in [-0.3, -0.25) is 0 Å². The van der Waals surface area contributed by atoms with Gasteiger partial charge in [0, 0.05) is 11.4 Å². The normalized spacial score (nSPS) is 10.8. The molecule has 0 amide bonds. The zero-order valence-corrected chi connectivity index (χ0v) is 10.5. The van der Waals surface area contributed by atoms with Crippen LogP contribution in [0.3, 0.4) is 0 Å². The number of aromatic nitrogens is 3. The molecule has 2 N–H and O–H groups in total. The van der Waals surface area contributed by atoms with E-state index in [-0.39, 0.29) is 0 Å². The van der Waals surface area contributed by atoms with Crippen molar-refractivity contribution >= 4 is 11.6 Å². The van der Waals surface area contributed by atoms with Crippen LogP contribution < -0.4 is 5.73 Å². The van der Waals surface area contributed by atoms with Gasteiger partial charge in [-0.15, -0.1) is 5.10 Å². The third-order valence-electron chi connectivity index (χ3n) is 2.68. The van der Waals surface area contributed by atoms with E-state index in [0.717, 1.165) is 28.4 Å². The quantitative estimate of drug-likeness (QED) is 0.900. The van der Waals surface area contributed by atoms with Crippen LogP contribution in [0.15, 0.2) is 24.3 Å². The second-order valence-electron chi connectivity index (χ2n) is 3.95. The first-order valence-corrected chi connectivity index (χ1v) is 5.92. The maximum Gasteiger partial charge on any atom is 0.0868 e. The van der Waals surface area contributed by atoms with Gasteiger partial charge in [-0.2, -0.15) is 0 Å². The molecule has 0 bridgehead atoms. The van der Waals surface area contributed by atoms with Crippen molar-refractivity contribution in [1.29, 1.82) is 0 Å². The fourth-order valence-corrected chi connectivity index (χ4v) is 1.94. The molecular formula is C12H15ClN4. The molecule has 0 unspecified atom stereocenters. The molecule has 2 rings (SSSR count). The summed E-state index contributed by atoms with van der Waals surface area (Å²) in [6, 6.07) is 7.75. The van der Waals surface area contributed by atoms with Gasteiger partial charge in [-0.25, -0.2) is 4.68 Å². The van der Waals surface area contributed by atoms with Crippen LogP contribution >= 0.6 is 11.6 Å². The number of hydrogen-bond acceptors (Lipinski definition) is 3. The average molecular weight is 251 g/mol. The molecule has 0 aliphatic heterocycles. The fraction of sp³-hybridized carbons (Fsp3) is 0.333. The van der Waals surface area contributed by atoms with Gasteiger partial charge >= 0.3 is 0 Å². The van der Waals surface area contributed by atoms with Crippen LogP contribution in [0, 0.1) is 6.92 Å². The molecule has 0 aliphatic rings. The zero-order chi connectivity index (χ0) is 12.3. The first kappa shape index (κ1) is 12.1. The van der Waals surface area contributed by atoms with Crippen LogP contribution in [0.2, 0.25) is 5.02 Å². The predicted octanol–water partition coefficient (Wildman–Crippen LogP) is 1.79. The van der Waals surface area contributed by atoms with E-state index in [0.29, 0.717) is 13.1 Å². The highest BCUT2D eigenvalue weighted by Gasteiger charge is 2.07. The Morgan fingerprint density at radius 1 is 1.41 bits per heavy atom. The third-order valence-corrected chi connectivity index (χ3v) is 2.92. The number of hydrogen-bond donors (Lipinski definition) is 1. The Morgan fingerprint density at radius 3 is 2.94 bits per heavy atom. The van der Waals surface area contributed by atoms with Gasteiger partial charge in [0.1, 0.15) is 0 Å². The van der Waals surface area contributed by atoms with Crippen LogP contribution in [0.5, 0.6) is 0 Å². The minimum atomic E-state index is 0.594. The molecular weight excluding hydrogens is 236 g/mol. The molecule has 0 saturated carbocycles. The third kappa shape index (κ3) is 2.84. The van der Waals surface area contributed by atoms with Gasteiger partial charge in [-0.05, 0) is 31.2 Å². The van der Waals surface area contributed by atoms with Gasteiger partial charge in [0.25, 0.3) is 0 Å². The summed E-state index contributed by atoms with van der Waals surface area (Å²) in [5.74, 6) is 0. The summed E-state index contributed by atoms with van der Waals surface area (Å²) in [7, 11) is 0. The number of benzene rings is 1. The van der Waals surface area contributed by atoms with Crippen molar-refractivity contribution in [3.05, 3.63) is 46.2 Å². The van der Waals surface area contributed by atoms with Crippen molar-refractivity contribution in [2.75, 3.05) is 6.54 Å². The summed E-state index contributed by atoms with van der Waals surface area (Å²) in [6.07, 6.45) is 0.765. The Hall–Kier alpha value is -1.39. The molecule has 0 radical (unpaired) electrons. The van der Waals surface area contributed by atoms with Crippen molar-refractivity contribution in [2.24, 2.45) is 5.73 Å². The molecule has 1 aromatic carbocycles. The SMILES string of the molecule is Cc1c(CCN)nnn1Cc1cccc(Cl)c1. The smallest absolute Gasteiger partial charge is 0.0868 e. The highest BCUT2D eigenvalue weighted by molar-refractivity contribution is 6.30. The van der Waals surface area contributed by atoms with Gasteiger partial charge < -0.3 is 5.73 Å². The lowest BCUT2D eigenvalue weighted by Gasteiger charge is -2.04. The summed E-state index contributed by atoms with van der Waals surface area (Å²) in [5.41, 5.74) is 8.66. The Balaban J connectivity index is 2.19. The molecule has 0 aliphatic carbocycles. The topological polar surface area (TPSA) is 56.7 Å². The van der Waals surface area contributed by atoms with Crippen LogP contribution in [-0.4, -0.2) is 21.5 Å². The monoisotopic (exact) mass is 250 g/mol. The first-order valence-electron chi connectivity index (χ1n) is 5.54. The van der Waals surface area contributed by atoms with E-state index in [4.69, 9.17) is 17.3 Å². The highest BCUT2D eigenvalue weighted by atomic mass is 35.5. The van der Waals surface area contributed by atoms with E-state index in [1.807, 2.05) is 35.9 Å².